The summed E-state index contributed by atoms with van der Waals surface area (Å²) in [6.45, 7) is 2.06. The summed E-state index contributed by atoms with van der Waals surface area (Å²) in [5.74, 6) is -0.397. The van der Waals surface area contributed by atoms with Gasteiger partial charge in [0, 0.05) is 31.2 Å². The summed E-state index contributed by atoms with van der Waals surface area (Å²) in [7, 11) is 0. The summed E-state index contributed by atoms with van der Waals surface area (Å²) in [6, 6.07) is 14.6. The Labute approximate surface area is 163 Å². The highest BCUT2D eigenvalue weighted by molar-refractivity contribution is 5.88. The van der Waals surface area contributed by atoms with Crippen molar-refractivity contribution >= 4 is 11.9 Å². The van der Waals surface area contributed by atoms with E-state index >= 15 is 0 Å². The minimum atomic E-state index is -0.998. The van der Waals surface area contributed by atoms with Crippen molar-refractivity contribution in [2.45, 2.75) is 25.5 Å². The number of carboxylic acid groups (broad SMARTS) is 1. The Morgan fingerprint density at radius 3 is 2.50 bits per heavy atom. The van der Waals surface area contributed by atoms with E-state index in [4.69, 9.17) is 9.47 Å². The van der Waals surface area contributed by atoms with Crippen LogP contribution in [0, 0.1) is 5.92 Å². The van der Waals surface area contributed by atoms with Crippen molar-refractivity contribution in [1.82, 2.24) is 4.90 Å². The van der Waals surface area contributed by atoms with Crippen molar-refractivity contribution in [1.29, 1.82) is 0 Å². The highest BCUT2D eigenvalue weighted by atomic mass is 16.5. The second-order valence-electron chi connectivity index (χ2n) is 7.25. The Bertz CT molecular complexity index is 860. The fourth-order valence-corrected chi connectivity index (χ4v) is 3.80. The van der Waals surface area contributed by atoms with Crippen LogP contribution >= 0.6 is 0 Å². The second-order valence-corrected chi connectivity index (χ2v) is 7.25. The Hall–Kier alpha value is -2.86. The van der Waals surface area contributed by atoms with E-state index in [2.05, 4.69) is 0 Å². The number of fused-ring (bicyclic) bond motifs is 1. The van der Waals surface area contributed by atoms with E-state index in [0.29, 0.717) is 32.1 Å². The number of carbonyl (C=O) groups excluding carboxylic acids is 1. The molecule has 146 valence electrons. The van der Waals surface area contributed by atoms with Crippen molar-refractivity contribution in [2.24, 2.45) is 5.92 Å². The van der Waals surface area contributed by atoms with Crippen molar-refractivity contribution in [3.8, 4) is 5.75 Å². The number of hydrogen-bond donors (Lipinski definition) is 1. The predicted octanol–water partition coefficient (Wildman–Crippen LogP) is 3.27. The molecule has 2 heterocycles. The summed E-state index contributed by atoms with van der Waals surface area (Å²) in [4.78, 5) is 26.4. The Morgan fingerprint density at radius 2 is 1.79 bits per heavy atom. The fraction of sp³-hybridized carbons (Fsp3) is 0.364. The first kappa shape index (κ1) is 18.5. The molecule has 6 nitrogen and oxygen atoms in total. The van der Waals surface area contributed by atoms with Gasteiger partial charge in [0.05, 0.1) is 12.1 Å². The van der Waals surface area contributed by atoms with Crippen LogP contribution in [-0.4, -0.2) is 41.6 Å². The van der Waals surface area contributed by atoms with Crippen molar-refractivity contribution in [3.63, 3.8) is 0 Å². The van der Waals surface area contributed by atoms with Crippen molar-refractivity contribution in [3.05, 3.63) is 65.2 Å². The molecular formula is C22H23NO5. The van der Waals surface area contributed by atoms with E-state index in [-0.39, 0.29) is 23.5 Å². The summed E-state index contributed by atoms with van der Waals surface area (Å²) in [5.41, 5.74) is 1.96. The minimum Gasteiger partial charge on any atom is -0.483 e. The van der Waals surface area contributed by atoms with Gasteiger partial charge in [0.2, 0.25) is 5.91 Å². The summed E-state index contributed by atoms with van der Waals surface area (Å²) < 4.78 is 11.6. The van der Waals surface area contributed by atoms with E-state index < -0.39 is 5.97 Å². The number of amides is 1. The number of nitrogens with zero attached hydrogens (tertiary/aromatic N) is 1. The van der Waals surface area contributed by atoms with Crippen LogP contribution in [-0.2, 0) is 16.1 Å². The van der Waals surface area contributed by atoms with Gasteiger partial charge in [-0.3, -0.25) is 4.79 Å². The SMILES string of the molecule is O=C(O)c1ccc2c(c1)O[C@H](c1ccccc1)CN(C(=O)C1CCOCC1)C2. The van der Waals surface area contributed by atoms with E-state index in [1.807, 2.05) is 35.2 Å². The third-order valence-corrected chi connectivity index (χ3v) is 5.38. The maximum atomic E-state index is 13.2. The molecular weight excluding hydrogens is 358 g/mol. The molecule has 4 rings (SSSR count). The molecule has 6 heteroatoms. The fourth-order valence-electron chi connectivity index (χ4n) is 3.80. The zero-order valence-electron chi connectivity index (χ0n) is 15.5. The molecule has 0 aliphatic carbocycles. The van der Waals surface area contributed by atoms with Gasteiger partial charge < -0.3 is 19.5 Å². The maximum Gasteiger partial charge on any atom is 0.335 e. The lowest BCUT2D eigenvalue weighted by molar-refractivity contribution is -0.140. The van der Waals surface area contributed by atoms with Crippen molar-refractivity contribution < 1.29 is 24.2 Å². The molecule has 2 aromatic rings. The molecule has 1 atom stereocenters. The lowest BCUT2D eigenvalue weighted by atomic mass is 9.98. The van der Waals surface area contributed by atoms with E-state index in [1.165, 1.54) is 0 Å². The zero-order chi connectivity index (χ0) is 19.5. The minimum absolute atomic E-state index is 0.0370. The highest BCUT2D eigenvalue weighted by Gasteiger charge is 2.32. The van der Waals surface area contributed by atoms with E-state index in [0.717, 1.165) is 24.0 Å². The molecule has 2 aliphatic rings. The van der Waals surface area contributed by atoms with Gasteiger partial charge in [0.25, 0.3) is 0 Å². The Balaban J connectivity index is 1.68. The lowest BCUT2D eigenvalue weighted by Gasteiger charge is -2.30. The first-order valence-electron chi connectivity index (χ1n) is 9.56. The van der Waals surface area contributed by atoms with Crippen LogP contribution in [0.2, 0.25) is 0 Å². The molecule has 1 fully saturated rings. The summed E-state index contributed by atoms with van der Waals surface area (Å²) >= 11 is 0. The molecule has 0 spiro atoms. The standard InChI is InChI=1S/C22H23NO5/c24-21(16-8-10-27-11-9-16)23-13-18-7-6-17(22(25)26)12-19(18)28-20(14-23)15-4-2-1-3-5-15/h1-7,12,16,20H,8-11,13-14H2,(H,25,26)/t20-/m0/s1. The first-order valence-corrected chi connectivity index (χ1v) is 9.56. The molecule has 0 bridgehead atoms. The topological polar surface area (TPSA) is 76.1 Å². The zero-order valence-corrected chi connectivity index (χ0v) is 15.5. The molecule has 0 aromatic heterocycles. The number of hydrogen-bond acceptors (Lipinski definition) is 4. The molecule has 0 unspecified atom stereocenters. The third-order valence-electron chi connectivity index (χ3n) is 5.38. The van der Waals surface area contributed by atoms with Crippen LogP contribution in [0.25, 0.3) is 0 Å². The quantitative estimate of drug-likeness (QED) is 0.883. The van der Waals surface area contributed by atoms with Crippen LogP contribution in [0.15, 0.2) is 48.5 Å². The predicted molar refractivity (Wildman–Crippen MR) is 102 cm³/mol. The van der Waals surface area contributed by atoms with Crippen LogP contribution in [0.4, 0.5) is 0 Å². The normalized spacial score (nSPS) is 20.0. The second kappa shape index (κ2) is 8.02. The molecule has 1 amide bonds. The monoisotopic (exact) mass is 381 g/mol. The van der Waals surface area contributed by atoms with E-state index in [1.54, 1.807) is 18.2 Å². The lowest BCUT2D eigenvalue weighted by Crippen LogP contribution is -2.40. The number of benzene rings is 2. The van der Waals surface area contributed by atoms with Crippen LogP contribution < -0.4 is 4.74 Å². The molecule has 0 radical (unpaired) electrons. The number of rotatable bonds is 3. The summed E-state index contributed by atoms with van der Waals surface area (Å²) in [6.07, 6.45) is 1.11. The van der Waals surface area contributed by atoms with Gasteiger partial charge in [-0.05, 0) is 30.5 Å². The van der Waals surface area contributed by atoms with Gasteiger partial charge in [0.1, 0.15) is 11.9 Å². The molecule has 2 aliphatic heterocycles. The summed E-state index contributed by atoms with van der Waals surface area (Å²) in [5, 5.41) is 9.32. The highest BCUT2D eigenvalue weighted by Crippen LogP contribution is 2.33. The number of carbonyl (C=O) groups is 2. The average molecular weight is 381 g/mol. The van der Waals surface area contributed by atoms with Crippen molar-refractivity contribution in [2.75, 3.05) is 19.8 Å². The van der Waals surface area contributed by atoms with Gasteiger partial charge in [0.15, 0.2) is 0 Å². The third kappa shape index (κ3) is 3.87. The first-order chi connectivity index (χ1) is 13.6. The van der Waals surface area contributed by atoms with Gasteiger partial charge in [-0.2, -0.15) is 0 Å². The largest absolute Gasteiger partial charge is 0.483 e. The maximum absolute atomic E-state index is 13.2. The van der Waals surface area contributed by atoms with Gasteiger partial charge in [-0.15, -0.1) is 0 Å². The average Bonchev–Trinajstić information content (AvgIpc) is 2.93. The molecule has 0 saturated carbocycles. The molecule has 2 aromatic carbocycles. The van der Waals surface area contributed by atoms with Gasteiger partial charge in [-0.1, -0.05) is 36.4 Å². The van der Waals surface area contributed by atoms with Crippen LogP contribution in [0.5, 0.6) is 5.75 Å². The van der Waals surface area contributed by atoms with Gasteiger partial charge >= 0.3 is 5.97 Å². The number of ether oxygens (including phenoxy) is 2. The Morgan fingerprint density at radius 1 is 1.04 bits per heavy atom. The number of aromatic carboxylic acids is 1. The van der Waals surface area contributed by atoms with E-state index in [9.17, 15) is 14.7 Å². The number of carboxylic acids is 1. The van der Waals surface area contributed by atoms with Crippen LogP contribution in [0.3, 0.4) is 0 Å². The molecule has 1 N–H and O–H groups in total. The molecule has 1 saturated heterocycles. The smallest absolute Gasteiger partial charge is 0.335 e. The molecule has 28 heavy (non-hydrogen) atoms. The van der Waals surface area contributed by atoms with Crippen LogP contribution in [0.1, 0.15) is 40.4 Å². The Kier molecular flexibility index (Phi) is 5.30. The van der Waals surface area contributed by atoms with Gasteiger partial charge in [-0.25, -0.2) is 4.79 Å².